The first-order valence-electron chi connectivity index (χ1n) is 5.85. The first-order chi connectivity index (χ1) is 9.29. The first kappa shape index (κ1) is 21.0. The van der Waals surface area contributed by atoms with Gasteiger partial charge in [0.1, 0.15) is 0 Å². The van der Waals surface area contributed by atoms with Crippen molar-refractivity contribution in [3.05, 3.63) is 0 Å². The molecule has 0 aliphatic rings. The molecule has 0 saturated carbocycles. The maximum atomic E-state index is 10.2. The average molecular weight is 298 g/mol. The van der Waals surface area contributed by atoms with Gasteiger partial charge >= 0.3 is 11.9 Å². The summed E-state index contributed by atoms with van der Waals surface area (Å²) in [4.78, 5) is 21.6. The highest BCUT2D eigenvalue weighted by Gasteiger charge is 2.20. The molecule has 6 N–H and O–H groups in total. The molecular weight excluding hydrogens is 276 g/mol. The van der Waals surface area contributed by atoms with E-state index in [-0.39, 0.29) is 44.5 Å². The van der Waals surface area contributed by atoms with E-state index in [1.165, 1.54) is 11.8 Å². The summed E-state index contributed by atoms with van der Waals surface area (Å²) in [5, 5.41) is 49.5. The number of aliphatic carboxylic acids is 2. The minimum Gasteiger partial charge on any atom is -0.480 e. The van der Waals surface area contributed by atoms with Crippen LogP contribution >= 0.6 is 0 Å². The molecule has 0 amide bonds. The van der Waals surface area contributed by atoms with E-state index in [0.717, 1.165) is 0 Å². The Hall–Kier alpha value is -1.30. The Morgan fingerprint density at radius 2 is 1.50 bits per heavy atom. The number of aliphatic hydroxyl groups excluding tert-OH is 2. The van der Waals surface area contributed by atoms with Gasteiger partial charge in [-0.2, -0.15) is 0 Å². The lowest BCUT2D eigenvalue weighted by Crippen LogP contribution is -2.35. The van der Waals surface area contributed by atoms with Crippen molar-refractivity contribution in [3.8, 4) is 0 Å². The Morgan fingerprint density at radius 1 is 1.05 bits per heavy atom. The van der Waals surface area contributed by atoms with Gasteiger partial charge < -0.3 is 20.4 Å². The summed E-state index contributed by atoms with van der Waals surface area (Å²) in [5.74, 6) is -2.20. The fourth-order valence-corrected chi connectivity index (χ4v) is 1.18. The molecule has 10 nitrogen and oxygen atoms in total. The van der Waals surface area contributed by atoms with Crippen LogP contribution in [0, 0.1) is 0 Å². The maximum Gasteiger partial charge on any atom is 0.325 e. The Kier molecular flexibility index (Phi) is 13.4. The van der Waals surface area contributed by atoms with Crippen LogP contribution in [0.4, 0.5) is 0 Å². The largest absolute Gasteiger partial charge is 0.480 e. The molecule has 0 aromatic rings. The van der Waals surface area contributed by atoms with E-state index in [2.05, 4.69) is 0 Å². The predicted molar refractivity (Wildman–Crippen MR) is 65.4 cm³/mol. The van der Waals surface area contributed by atoms with E-state index in [9.17, 15) is 9.59 Å². The molecule has 1 atom stereocenters. The second-order valence-electron chi connectivity index (χ2n) is 3.70. The third-order valence-corrected chi connectivity index (χ3v) is 2.14. The number of hydrogen-bond donors (Lipinski definition) is 6. The molecule has 0 radical (unpaired) electrons. The number of rotatable bonds is 9. The van der Waals surface area contributed by atoms with Crippen LogP contribution < -0.4 is 0 Å². The third-order valence-electron chi connectivity index (χ3n) is 2.14. The Labute approximate surface area is 116 Å². The molecule has 0 unspecified atom stereocenters. The Bertz CT molecular complexity index is 268. The van der Waals surface area contributed by atoms with Gasteiger partial charge in [0.15, 0.2) is 6.04 Å². The van der Waals surface area contributed by atoms with E-state index in [4.69, 9.17) is 30.8 Å². The number of hydroxylamine groups is 2. The van der Waals surface area contributed by atoms with Crippen molar-refractivity contribution in [2.75, 3.05) is 32.8 Å². The van der Waals surface area contributed by atoms with Crippen LogP contribution in [0.25, 0.3) is 0 Å². The lowest BCUT2D eigenvalue weighted by molar-refractivity contribution is -0.327. The SMILES string of the molecule is CC[C@@H](C(=O)O)N(O)O.O=C(O)CN(CCO)CCO. The topological polar surface area (TPSA) is 162 Å². The molecule has 0 saturated heterocycles. The van der Waals surface area contributed by atoms with Crippen molar-refractivity contribution in [3.63, 3.8) is 0 Å². The summed E-state index contributed by atoms with van der Waals surface area (Å²) in [6.45, 7) is 1.79. The van der Waals surface area contributed by atoms with Crippen LogP contribution in [-0.2, 0) is 9.59 Å². The van der Waals surface area contributed by atoms with Crippen LogP contribution in [0.2, 0.25) is 0 Å². The van der Waals surface area contributed by atoms with Crippen LogP contribution in [0.5, 0.6) is 0 Å². The third kappa shape index (κ3) is 11.8. The quantitative estimate of drug-likeness (QED) is 0.270. The zero-order valence-corrected chi connectivity index (χ0v) is 11.2. The van der Waals surface area contributed by atoms with E-state index in [1.54, 1.807) is 0 Å². The minimum atomic E-state index is -1.25. The summed E-state index contributed by atoms with van der Waals surface area (Å²) < 4.78 is 0. The second kappa shape index (κ2) is 12.7. The Morgan fingerprint density at radius 3 is 1.65 bits per heavy atom. The molecule has 10 heteroatoms. The van der Waals surface area contributed by atoms with Crippen LogP contribution in [-0.4, -0.2) is 91.8 Å². The molecule has 0 aliphatic carbocycles. The van der Waals surface area contributed by atoms with Crippen molar-refractivity contribution in [1.29, 1.82) is 0 Å². The van der Waals surface area contributed by atoms with Gasteiger partial charge in [-0.25, -0.2) is 0 Å². The summed E-state index contributed by atoms with van der Waals surface area (Å²) in [6.07, 6.45) is 0.155. The van der Waals surface area contributed by atoms with Gasteiger partial charge in [-0.1, -0.05) is 12.2 Å². The van der Waals surface area contributed by atoms with Crippen molar-refractivity contribution in [2.24, 2.45) is 0 Å². The monoisotopic (exact) mass is 298 g/mol. The Balaban J connectivity index is 0. The molecule has 0 spiro atoms. The molecule has 120 valence electrons. The summed E-state index contributed by atoms with van der Waals surface area (Å²) in [6, 6.07) is -1.22. The fourth-order valence-electron chi connectivity index (χ4n) is 1.18. The zero-order valence-electron chi connectivity index (χ0n) is 11.2. The standard InChI is InChI=1S/C6H13NO4.C4H9NO4/c8-3-1-7(2-4-9)5-6(10)11;1-2-3(4(6)7)5(8)9/h8-9H,1-5H2,(H,10,11);3,8-9H,2H2,1H3,(H,6,7)/t;3-/m.0/s1. The van der Waals surface area contributed by atoms with Crippen molar-refractivity contribution in [2.45, 2.75) is 19.4 Å². The van der Waals surface area contributed by atoms with Gasteiger partial charge in [-0.3, -0.25) is 24.9 Å². The highest BCUT2D eigenvalue weighted by Crippen LogP contribution is 1.96. The average Bonchev–Trinajstić information content (AvgIpc) is 2.29. The molecule has 0 aliphatic heterocycles. The van der Waals surface area contributed by atoms with Gasteiger partial charge in [0.25, 0.3) is 0 Å². The zero-order chi connectivity index (χ0) is 16.1. The number of carbonyl (C=O) groups is 2. The molecule has 0 rings (SSSR count). The van der Waals surface area contributed by atoms with Crippen molar-refractivity contribution >= 4 is 11.9 Å². The van der Waals surface area contributed by atoms with E-state index < -0.39 is 18.0 Å². The number of hydrogen-bond acceptors (Lipinski definition) is 8. The van der Waals surface area contributed by atoms with Crippen LogP contribution in [0.1, 0.15) is 13.3 Å². The normalized spacial score (nSPS) is 11.9. The van der Waals surface area contributed by atoms with Crippen LogP contribution in [0.15, 0.2) is 0 Å². The molecule has 20 heavy (non-hydrogen) atoms. The smallest absolute Gasteiger partial charge is 0.325 e. The number of aliphatic hydroxyl groups is 2. The number of carboxylic acid groups (broad SMARTS) is 2. The minimum absolute atomic E-state index is 0.0900. The lowest BCUT2D eigenvalue weighted by Gasteiger charge is -2.16. The fraction of sp³-hybridized carbons (Fsp3) is 0.800. The first-order valence-corrected chi connectivity index (χ1v) is 5.85. The van der Waals surface area contributed by atoms with E-state index >= 15 is 0 Å². The molecule has 0 aromatic carbocycles. The number of carboxylic acids is 2. The van der Waals surface area contributed by atoms with Crippen LogP contribution in [0.3, 0.4) is 0 Å². The number of nitrogens with zero attached hydrogens (tertiary/aromatic N) is 2. The highest BCUT2D eigenvalue weighted by molar-refractivity contribution is 5.72. The van der Waals surface area contributed by atoms with Gasteiger partial charge in [0.05, 0.1) is 19.8 Å². The molecule has 0 heterocycles. The molecule has 0 bridgehead atoms. The van der Waals surface area contributed by atoms with E-state index in [0.29, 0.717) is 0 Å². The summed E-state index contributed by atoms with van der Waals surface area (Å²) in [7, 11) is 0. The van der Waals surface area contributed by atoms with Crippen molar-refractivity contribution in [1.82, 2.24) is 10.1 Å². The molecule has 0 fully saturated rings. The highest BCUT2D eigenvalue weighted by atomic mass is 16.8. The lowest BCUT2D eigenvalue weighted by atomic mass is 10.2. The van der Waals surface area contributed by atoms with Gasteiger partial charge in [0.2, 0.25) is 0 Å². The molecule has 0 aromatic heterocycles. The van der Waals surface area contributed by atoms with Gasteiger partial charge in [0, 0.05) is 13.1 Å². The predicted octanol–water partition coefficient (Wildman–Crippen LogP) is -1.71. The van der Waals surface area contributed by atoms with Gasteiger partial charge in [-0.05, 0) is 6.42 Å². The van der Waals surface area contributed by atoms with E-state index in [1.807, 2.05) is 0 Å². The molecular formula is C10H22N2O8. The summed E-state index contributed by atoms with van der Waals surface area (Å²) in [5.41, 5.74) is 0. The summed E-state index contributed by atoms with van der Waals surface area (Å²) >= 11 is 0. The van der Waals surface area contributed by atoms with Gasteiger partial charge in [-0.15, -0.1) is 0 Å². The second-order valence-corrected chi connectivity index (χ2v) is 3.70. The maximum absolute atomic E-state index is 10.2. The van der Waals surface area contributed by atoms with Crippen molar-refractivity contribution < 1.29 is 40.4 Å².